The van der Waals surface area contributed by atoms with Crippen LogP contribution in [0.5, 0.6) is 0 Å². The molecule has 0 spiro atoms. The second-order valence-electron chi connectivity index (χ2n) is 4.72. The summed E-state index contributed by atoms with van der Waals surface area (Å²) in [6.45, 7) is 2.39. The lowest BCUT2D eigenvalue weighted by atomic mass is 10.2. The lowest BCUT2D eigenvalue weighted by Crippen LogP contribution is -2.41. The van der Waals surface area contributed by atoms with Crippen molar-refractivity contribution in [2.24, 2.45) is 0 Å². The minimum absolute atomic E-state index is 0.0427. The quantitative estimate of drug-likeness (QED) is 0.916. The predicted octanol–water partition coefficient (Wildman–Crippen LogP) is 2.41. The van der Waals surface area contributed by atoms with Crippen LogP contribution in [0.1, 0.15) is 12.0 Å². The zero-order valence-electron chi connectivity index (χ0n) is 11.6. The Balaban J connectivity index is 1.85. The van der Waals surface area contributed by atoms with E-state index in [4.69, 9.17) is 16.3 Å². The molecule has 1 N–H and O–H groups in total. The van der Waals surface area contributed by atoms with Crippen LogP contribution in [0.2, 0.25) is 5.02 Å². The molecule has 122 valence electrons. The maximum absolute atomic E-state index is 12.5. The van der Waals surface area contributed by atoms with Gasteiger partial charge in [-0.05, 0) is 6.07 Å². The van der Waals surface area contributed by atoms with Gasteiger partial charge < -0.3 is 15.0 Å². The highest BCUT2D eigenvalue weighted by molar-refractivity contribution is 6.32. The van der Waals surface area contributed by atoms with Gasteiger partial charge in [0.05, 0.1) is 23.8 Å². The maximum atomic E-state index is 12.5. The lowest BCUT2D eigenvalue weighted by molar-refractivity contribution is -0.138. The SMILES string of the molecule is O=C(CCNc1ncc(C(F)(F)F)cc1Cl)N1CCOCC1. The monoisotopic (exact) mass is 337 g/mol. The van der Waals surface area contributed by atoms with Crippen molar-refractivity contribution in [3.8, 4) is 0 Å². The molecule has 5 nitrogen and oxygen atoms in total. The minimum atomic E-state index is -4.48. The average molecular weight is 338 g/mol. The van der Waals surface area contributed by atoms with Crippen molar-refractivity contribution in [1.29, 1.82) is 0 Å². The van der Waals surface area contributed by atoms with Gasteiger partial charge in [-0.2, -0.15) is 13.2 Å². The van der Waals surface area contributed by atoms with E-state index in [1.54, 1.807) is 4.90 Å². The van der Waals surface area contributed by atoms with Gasteiger partial charge >= 0.3 is 6.18 Å². The van der Waals surface area contributed by atoms with Crippen molar-refractivity contribution in [2.75, 3.05) is 38.2 Å². The van der Waals surface area contributed by atoms with E-state index in [9.17, 15) is 18.0 Å². The molecule has 2 rings (SSSR count). The van der Waals surface area contributed by atoms with Crippen LogP contribution in [0, 0.1) is 0 Å². The molecule has 22 heavy (non-hydrogen) atoms. The van der Waals surface area contributed by atoms with Crippen molar-refractivity contribution in [3.63, 3.8) is 0 Å². The number of halogens is 4. The number of nitrogens with zero attached hydrogens (tertiary/aromatic N) is 2. The highest BCUT2D eigenvalue weighted by atomic mass is 35.5. The van der Waals surface area contributed by atoms with Gasteiger partial charge in [-0.3, -0.25) is 4.79 Å². The van der Waals surface area contributed by atoms with Crippen LogP contribution in [-0.2, 0) is 15.7 Å². The molecule has 1 aromatic rings. The number of alkyl halides is 3. The topological polar surface area (TPSA) is 54.5 Å². The van der Waals surface area contributed by atoms with Crippen LogP contribution in [0.15, 0.2) is 12.3 Å². The summed E-state index contributed by atoms with van der Waals surface area (Å²) in [5.41, 5.74) is -0.910. The Morgan fingerprint density at radius 3 is 2.68 bits per heavy atom. The van der Waals surface area contributed by atoms with E-state index < -0.39 is 11.7 Å². The summed E-state index contributed by atoms with van der Waals surface area (Å²) in [6.07, 6.45) is -3.57. The van der Waals surface area contributed by atoms with Gasteiger partial charge in [-0.1, -0.05) is 11.6 Å². The van der Waals surface area contributed by atoms with Crippen molar-refractivity contribution >= 4 is 23.3 Å². The zero-order valence-corrected chi connectivity index (χ0v) is 12.4. The van der Waals surface area contributed by atoms with Crippen molar-refractivity contribution in [2.45, 2.75) is 12.6 Å². The Bertz CT molecular complexity index is 534. The van der Waals surface area contributed by atoms with E-state index in [0.29, 0.717) is 32.5 Å². The number of carbonyl (C=O) groups is 1. The minimum Gasteiger partial charge on any atom is -0.378 e. The zero-order chi connectivity index (χ0) is 16.2. The van der Waals surface area contributed by atoms with Gasteiger partial charge in [0.15, 0.2) is 0 Å². The molecular formula is C13H15ClF3N3O2. The third-order valence-corrected chi connectivity index (χ3v) is 3.45. The standard InChI is InChI=1S/C13H15ClF3N3O2/c14-10-7-9(13(15,16)17)8-19-12(10)18-2-1-11(21)20-3-5-22-6-4-20/h7-8H,1-6H2,(H,18,19). The Morgan fingerprint density at radius 2 is 2.09 bits per heavy atom. The Labute approximate surface area is 130 Å². The first-order valence-electron chi connectivity index (χ1n) is 6.70. The van der Waals surface area contributed by atoms with E-state index in [-0.39, 0.29) is 29.7 Å². The highest BCUT2D eigenvalue weighted by Crippen LogP contribution is 2.32. The summed E-state index contributed by atoms with van der Waals surface area (Å²) in [6, 6.07) is 0.806. The predicted molar refractivity (Wildman–Crippen MR) is 74.8 cm³/mol. The van der Waals surface area contributed by atoms with E-state index in [1.807, 2.05) is 0 Å². The molecule has 0 unspecified atom stereocenters. The summed E-state index contributed by atoms with van der Waals surface area (Å²) < 4.78 is 42.6. The van der Waals surface area contributed by atoms with Gasteiger partial charge in [-0.15, -0.1) is 0 Å². The third kappa shape index (κ3) is 4.48. The Kier molecular flexibility index (Phi) is 5.47. The van der Waals surface area contributed by atoms with E-state index >= 15 is 0 Å². The number of ether oxygens (including phenoxy) is 1. The Hall–Kier alpha value is -1.54. The molecule has 0 radical (unpaired) electrons. The van der Waals surface area contributed by atoms with Crippen LogP contribution >= 0.6 is 11.6 Å². The van der Waals surface area contributed by atoms with Crippen molar-refractivity contribution in [3.05, 3.63) is 22.8 Å². The molecule has 0 aliphatic carbocycles. The number of pyridine rings is 1. The number of aromatic nitrogens is 1. The molecule has 1 aliphatic heterocycles. The molecule has 1 amide bonds. The number of morpholine rings is 1. The van der Waals surface area contributed by atoms with Crippen LogP contribution in [0.25, 0.3) is 0 Å². The number of hydrogen-bond acceptors (Lipinski definition) is 4. The number of amides is 1. The maximum Gasteiger partial charge on any atom is 0.417 e. The molecule has 9 heteroatoms. The fourth-order valence-electron chi connectivity index (χ4n) is 1.98. The molecule has 0 bridgehead atoms. The molecule has 0 atom stereocenters. The van der Waals surface area contributed by atoms with Crippen LogP contribution in [-0.4, -0.2) is 48.6 Å². The van der Waals surface area contributed by atoms with E-state index in [0.717, 1.165) is 6.07 Å². The van der Waals surface area contributed by atoms with Crippen molar-refractivity contribution < 1.29 is 22.7 Å². The van der Waals surface area contributed by atoms with Gasteiger partial charge in [0.2, 0.25) is 5.91 Å². The summed E-state index contributed by atoms with van der Waals surface area (Å²) in [4.78, 5) is 17.2. The summed E-state index contributed by atoms with van der Waals surface area (Å²) in [5.74, 6) is 0.0864. The molecule has 1 aromatic heterocycles. The highest BCUT2D eigenvalue weighted by Gasteiger charge is 2.31. The van der Waals surface area contributed by atoms with Gasteiger partial charge in [-0.25, -0.2) is 4.98 Å². The first-order valence-corrected chi connectivity index (χ1v) is 7.08. The summed E-state index contributed by atoms with van der Waals surface area (Å²) in [5, 5.41) is 2.64. The molecule has 1 saturated heterocycles. The largest absolute Gasteiger partial charge is 0.417 e. The second-order valence-corrected chi connectivity index (χ2v) is 5.13. The number of anilines is 1. The van der Waals surface area contributed by atoms with Gasteiger partial charge in [0, 0.05) is 32.3 Å². The normalized spacial score (nSPS) is 15.7. The van der Waals surface area contributed by atoms with E-state index in [1.165, 1.54) is 0 Å². The van der Waals surface area contributed by atoms with Crippen LogP contribution in [0.4, 0.5) is 19.0 Å². The lowest BCUT2D eigenvalue weighted by Gasteiger charge is -2.26. The number of hydrogen-bond donors (Lipinski definition) is 1. The summed E-state index contributed by atoms with van der Waals surface area (Å²) in [7, 11) is 0. The second kappa shape index (κ2) is 7.15. The molecule has 0 aromatic carbocycles. The van der Waals surface area contributed by atoms with Gasteiger partial charge in [0.1, 0.15) is 5.82 Å². The van der Waals surface area contributed by atoms with Crippen LogP contribution < -0.4 is 5.32 Å². The fraction of sp³-hybridized carbons (Fsp3) is 0.538. The number of carbonyl (C=O) groups excluding carboxylic acids is 1. The Morgan fingerprint density at radius 1 is 1.41 bits per heavy atom. The third-order valence-electron chi connectivity index (χ3n) is 3.16. The first-order chi connectivity index (χ1) is 10.4. The fourth-order valence-corrected chi connectivity index (χ4v) is 2.21. The smallest absolute Gasteiger partial charge is 0.378 e. The summed E-state index contributed by atoms with van der Waals surface area (Å²) >= 11 is 5.76. The van der Waals surface area contributed by atoms with Crippen LogP contribution in [0.3, 0.4) is 0 Å². The number of nitrogens with one attached hydrogen (secondary N) is 1. The van der Waals surface area contributed by atoms with E-state index in [2.05, 4.69) is 10.3 Å². The average Bonchev–Trinajstić information content (AvgIpc) is 2.48. The molecule has 0 saturated carbocycles. The molecule has 2 heterocycles. The number of rotatable bonds is 4. The van der Waals surface area contributed by atoms with Crippen molar-refractivity contribution in [1.82, 2.24) is 9.88 Å². The first kappa shape index (κ1) is 16.8. The van der Waals surface area contributed by atoms with Gasteiger partial charge in [0.25, 0.3) is 0 Å². The molecule has 1 aliphatic rings. The molecular weight excluding hydrogens is 323 g/mol. The molecule has 1 fully saturated rings.